The summed E-state index contributed by atoms with van der Waals surface area (Å²) in [4.78, 5) is 36.1. The van der Waals surface area contributed by atoms with Crippen LogP contribution in [0.1, 0.15) is 24.2 Å². The van der Waals surface area contributed by atoms with Crippen LogP contribution in [0.25, 0.3) is 0 Å². The summed E-state index contributed by atoms with van der Waals surface area (Å²) in [5, 5.41) is 0.172. The molecule has 0 aliphatic heterocycles. The van der Waals surface area contributed by atoms with Crippen molar-refractivity contribution in [1.29, 1.82) is 0 Å². The van der Waals surface area contributed by atoms with E-state index in [1.807, 2.05) is 22.6 Å². The minimum absolute atomic E-state index is 0.0580. The molecular formula is C14H14ClIO5. The van der Waals surface area contributed by atoms with Crippen molar-refractivity contribution in [1.82, 2.24) is 0 Å². The van der Waals surface area contributed by atoms with Gasteiger partial charge in [-0.3, -0.25) is 14.4 Å². The molecule has 114 valence electrons. The molecule has 0 atom stereocenters. The van der Waals surface area contributed by atoms with E-state index in [4.69, 9.17) is 21.1 Å². The molecule has 7 heteroatoms. The second-order valence-corrected chi connectivity index (χ2v) is 5.58. The fraction of sp³-hybridized carbons (Fsp3) is 0.357. The minimum Gasteiger partial charge on any atom is -0.465 e. The first kappa shape index (κ1) is 17.9. The number of benzene rings is 1. The Morgan fingerprint density at radius 1 is 1.14 bits per heavy atom. The SMILES string of the molecule is CCOC(=O)C(C(=O)OCC)C(=O)c1ccc(I)cc1Cl. The lowest BCUT2D eigenvalue weighted by molar-refractivity contribution is -0.158. The summed E-state index contributed by atoms with van der Waals surface area (Å²) in [7, 11) is 0. The Morgan fingerprint density at radius 3 is 2.10 bits per heavy atom. The molecule has 0 saturated heterocycles. The molecular weight excluding hydrogens is 411 g/mol. The molecule has 5 nitrogen and oxygen atoms in total. The molecule has 0 aromatic heterocycles. The van der Waals surface area contributed by atoms with Crippen LogP contribution in [0.15, 0.2) is 18.2 Å². The van der Waals surface area contributed by atoms with E-state index >= 15 is 0 Å². The lowest BCUT2D eigenvalue weighted by Crippen LogP contribution is -2.35. The third kappa shape index (κ3) is 4.67. The van der Waals surface area contributed by atoms with Crippen molar-refractivity contribution in [3.05, 3.63) is 32.4 Å². The highest BCUT2D eigenvalue weighted by atomic mass is 127. The Bertz CT molecular complexity index is 540. The zero-order chi connectivity index (χ0) is 16.0. The van der Waals surface area contributed by atoms with E-state index in [2.05, 4.69) is 0 Å². The molecule has 1 aromatic carbocycles. The van der Waals surface area contributed by atoms with E-state index < -0.39 is 23.6 Å². The van der Waals surface area contributed by atoms with Gasteiger partial charge in [0.25, 0.3) is 0 Å². The standard InChI is InChI=1S/C14H14ClIO5/c1-3-20-13(18)11(14(19)21-4-2)12(17)9-6-5-8(16)7-10(9)15/h5-7,11H,3-4H2,1-2H3. The van der Waals surface area contributed by atoms with E-state index in [0.29, 0.717) is 0 Å². The lowest BCUT2D eigenvalue weighted by atomic mass is 9.97. The van der Waals surface area contributed by atoms with Crippen LogP contribution in [0, 0.1) is 9.49 Å². The molecule has 21 heavy (non-hydrogen) atoms. The first-order valence-corrected chi connectivity index (χ1v) is 7.70. The molecule has 1 rings (SSSR count). The number of ketones is 1. The van der Waals surface area contributed by atoms with Gasteiger partial charge in [-0.05, 0) is 54.6 Å². The molecule has 0 unspecified atom stereocenters. The Labute approximate surface area is 141 Å². The Morgan fingerprint density at radius 2 is 1.67 bits per heavy atom. The van der Waals surface area contributed by atoms with Gasteiger partial charge in [0.1, 0.15) is 0 Å². The van der Waals surface area contributed by atoms with Crippen LogP contribution < -0.4 is 0 Å². The highest BCUT2D eigenvalue weighted by molar-refractivity contribution is 14.1. The average Bonchev–Trinajstić information content (AvgIpc) is 2.39. The maximum Gasteiger partial charge on any atom is 0.328 e. The zero-order valence-corrected chi connectivity index (χ0v) is 14.4. The summed E-state index contributed by atoms with van der Waals surface area (Å²) in [6, 6.07) is 4.70. The molecule has 0 heterocycles. The van der Waals surface area contributed by atoms with Gasteiger partial charge in [0.15, 0.2) is 5.78 Å². The fourth-order valence-electron chi connectivity index (χ4n) is 1.61. The largest absolute Gasteiger partial charge is 0.465 e. The van der Waals surface area contributed by atoms with Gasteiger partial charge in [-0.25, -0.2) is 0 Å². The molecule has 0 aliphatic carbocycles. The summed E-state index contributed by atoms with van der Waals surface area (Å²) in [6.07, 6.45) is 0. The molecule has 0 saturated carbocycles. The number of ether oxygens (including phenoxy) is 2. The molecule has 0 radical (unpaired) electrons. The van der Waals surface area contributed by atoms with Crippen molar-refractivity contribution in [3.8, 4) is 0 Å². The molecule has 0 fully saturated rings. The molecule has 0 amide bonds. The Balaban J connectivity index is 3.15. The van der Waals surface area contributed by atoms with Gasteiger partial charge in [-0.1, -0.05) is 11.6 Å². The third-order valence-electron chi connectivity index (χ3n) is 2.50. The van der Waals surface area contributed by atoms with Crippen LogP contribution in [0.5, 0.6) is 0 Å². The van der Waals surface area contributed by atoms with Gasteiger partial charge in [-0.15, -0.1) is 0 Å². The lowest BCUT2D eigenvalue weighted by Gasteiger charge is -2.14. The molecule has 1 aromatic rings. The van der Waals surface area contributed by atoms with Crippen molar-refractivity contribution >= 4 is 51.9 Å². The second kappa shape index (κ2) is 8.33. The number of esters is 2. The predicted octanol–water partition coefficient (Wildman–Crippen LogP) is 2.87. The van der Waals surface area contributed by atoms with Gasteiger partial charge in [0.2, 0.25) is 5.92 Å². The Kier molecular flexibility index (Phi) is 7.10. The summed E-state index contributed by atoms with van der Waals surface area (Å²) >= 11 is 8.04. The Hall–Kier alpha value is -1.15. The average molecular weight is 425 g/mol. The number of hydrogen-bond donors (Lipinski definition) is 0. The van der Waals surface area contributed by atoms with Crippen molar-refractivity contribution in [3.63, 3.8) is 0 Å². The quantitative estimate of drug-likeness (QED) is 0.304. The van der Waals surface area contributed by atoms with Crippen molar-refractivity contribution in [2.75, 3.05) is 13.2 Å². The summed E-state index contributed by atoms with van der Waals surface area (Å²) < 4.78 is 10.4. The van der Waals surface area contributed by atoms with Crippen LogP contribution in [0.2, 0.25) is 5.02 Å². The topological polar surface area (TPSA) is 69.7 Å². The molecule has 0 aliphatic rings. The number of rotatable bonds is 6. The molecule has 0 N–H and O–H groups in total. The highest BCUT2D eigenvalue weighted by Gasteiger charge is 2.38. The smallest absolute Gasteiger partial charge is 0.328 e. The van der Waals surface area contributed by atoms with Crippen LogP contribution in [0.4, 0.5) is 0 Å². The molecule has 0 spiro atoms. The van der Waals surface area contributed by atoms with E-state index in [1.165, 1.54) is 6.07 Å². The monoisotopic (exact) mass is 424 g/mol. The maximum atomic E-state index is 12.4. The first-order valence-electron chi connectivity index (χ1n) is 6.24. The summed E-state index contributed by atoms with van der Waals surface area (Å²) in [5.41, 5.74) is 0.0863. The number of carbonyl (C=O) groups excluding carboxylic acids is 3. The van der Waals surface area contributed by atoms with E-state index in [1.54, 1.807) is 26.0 Å². The maximum absolute atomic E-state index is 12.4. The van der Waals surface area contributed by atoms with Crippen LogP contribution in [0.3, 0.4) is 0 Å². The zero-order valence-electron chi connectivity index (χ0n) is 11.5. The number of halogens is 2. The summed E-state index contributed by atoms with van der Waals surface area (Å²) in [6.45, 7) is 3.29. The summed E-state index contributed by atoms with van der Waals surface area (Å²) in [5.74, 6) is -4.25. The normalized spacial score (nSPS) is 10.3. The third-order valence-corrected chi connectivity index (χ3v) is 3.49. The van der Waals surface area contributed by atoms with Crippen LogP contribution in [-0.4, -0.2) is 30.9 Å². The van der Waals surface area contributed by atoms with Crippen molar-refractivity contribution in [2.45, 2.75) is 13.8 Å². The highest BCUT2D eigenvalue weighted by Crippen LogP contribution is 2.23. The second-order valence-electron chi connectivity index (χ2n) is 3.93. The fourth-order valence-corrected chi connectivity index (χ4v) is 2.56. The van der Waals surface area contributed by atoms with Gasteiger partial charge in [0, 0.05) is 9.13 Å². The van der Waals surface area contributed by atoms with Crippen LogP contribution in [-0.2, 0) is 19.1 Å². The van der Waals surface area contributed by atoms with Gasteiger partial charge in [-0.2, -0.15) is 0 Å². The number of hydrogen-bond acceptors (Lipinski definition) is 5. The van der Waals surface area contributed by atoms with Gasteiger partial charge >= 0.3 is 11.9 Å². The number of Topliss-reactive ketones (excluding diaryl/α,β-unsaturated/α-hetero) is 1. The first-order chi connectivity index (χ1) is 9.92. The molecule has 0 bridgehead atoms. The van der Waals surface area contributed by atoms with Crippen molar-refractivity contribution in [2.24, 2.45) is 5.92 Å². The van der Waals surface area contributed by atoms with E-state index in [9.17, 15) is 14.4 Å². The number of carbonyl (C=O) groups is 3. The van der Waals surface area contributed by atoms with E-state index in [-0.39, 0.29) is 23.8 Å². The van der Waals surface area contributed by atoms with Crippen LogP contribution >= 0.6 is 34.2 Å². The predicted molar refractivity (Wildman–Crippen MR) is 85.3 cm³/mol. The van der Waals surface area contributed by atoms with Gasteiger partial charge < -0.3 is 9.47 Å². The van der Waals surface area contributed by atoms with Gasteiger partial charge in [0.05, 0.1) is 18.2 Å². The minimum atomic E-state index is -1.65. The van der Waals surface area contributed by atoms with E-state index in [0.717, 1.165) is 3.57 Å². The van der Waals surface area contributed by atoms with Crippen molar-refractivity contribution < 1.29 is 23.9 Å².